The topological polar surface area (TPSA) is 96.4 Å². The minimum atomic E-state index is -0.679. The number of ether oxygens (including phenoxy) is 1. The third kappa shape index (κ3) is 4.46. The Kier molecular flexibility index (Phi) is 6.44. The first kappa shape index (κ1) is 22.9. The molecule has 0 bridgehead atoms. The van der Waals surface area contributed by atoms with Crippen LogP contribution in [-0.2, 0) is 9.53 Å². The molecule has 2 N–H and O–H groups in total. The number of hydrogen-bond acceptors (Lipinski definition) is 5. The maximum Gasteiger partial charge on any atom is 0.266 e. The number of carbonyl (C=O) groups is 2. The van der Waals surface area contributed by atoms with E-state index < -0.39 is 11.9 Å². The van der Waals surface area contributed by atoms with E-state index in [0.29, 0.717) is 42.8 Å². The Bertz CT molecular complexity index is 1350. The van der Waals surface area contributed by atoms with Gasteiger partial charge >= 0.3 is 0 Å². The molecule has 0 aliphatic carbocycles. The van der Waals surface area contributed by atoms with E-state index in [1.54, 1.807) is 30.0 Å². The summed E-state index contributed by atoms with van der Waals surface area (Å²) in [6.45, 7) is 7.60. The maximum atomic E-state index is 13.3. The van der Waals surface area contributed by atoms with Crippen LogP contribution in [0, 0.1) is 18.6 Å². The van der Waals surface area contributed by atoms with Gasteiger partial charge in [0.2, 0.25) is 5.91 Å². The lowest BCUT2D eigenvalue weighted by molar-refractivity contribution is -0.136. The van der Waals surface area contributed by atoms with Crippen molar-refractivity contribution in [3.63, 3.8) is 0 Å². The Morgan fingerprint density at radius 2 is 1.88 bits per heavy atom. The molecule has 0 spiro atoms. The average Bonchev–Trinajstić information content (AvgIpc) is 2.81. The molecule has 1 aliphatic rings. The summed E-state index contributed by atoms with van der Waals surface area (Å²) >= 11 is 5.48. The highest BCUT2D eigenvalue weighted by Crippen LogP contribution is 2.18. The number of aromatic amines is 1. The van der Waals surface area contributed by atoms with Crippen molar-refractivity contribution < 1.29 is 14.3 Å². The zero-order chi connectivity index (χ0) is 23.7. The van der Waals surface area contributed by atoms with Crippen molar-refractivity contribution in [3.8, 4) is 5.69 Å². The molecule has 2 aromatic carbocycles. The highest BCUT2D eigenvalue weighted by molar-refractivity contribution is 7.71. The number of benzene rings is 2. The predicted octanol–water partition coefficient (Wildman–Crippen LogP) is 2.64. The normalized spacial score (nSPS) is 14.8. The molecule has 1 saturated heterocycles. The number of amides is 2. The fourth-order valence-electron chi connectivity index (χ4n) is 3.96. The van der Waals surface area contributed by atoms with Crippen molar-refractivity contribution in [2.24, 2.45) is 0 Å². The van der Waals surface area contributed by atoms with Crippen molar-refractivity contribution in [2.45, 2.75) is 26.8 Å². The molecule has 9 heteroatoms. The number of nitrogens with zero attached hydrogens (tertiary/aromatic N) is 2. The summed E-state index contributed by atoms with van der Waals surface area (Å²) in [5, 5.41) is 3.16. The minimum absolute atomic E-state index is 0.150. The molecule has 2 amide bonds. The van der Waals surface area contributed by atoms with Crippen molar-refractivity contribution in [1.82, 2.24) is 19.8 Å². The molecule has 2 heterocycles. The summed E-state index contributed by atoms with van der Waals surface area (Å²) in [4.78, 5) is 43.4. The molecule has 4 rings (SSSR count). The van der Waals surface area contributed by atoms with E-state index in [2.05, 4.69) is 10.3 Å². The van der Waals surface area contributed by atoms with Crippen LogP contribution in [0.15, 0.2) is 41.2 Å². The SMILES string of the molecule is Cc1cccc(-n2c(=S)[nH]c3cc(C(=O)NC(C)C(=O)N4CCOCC4)ccc3c2=O)c1C. The Morgan fingerprint density at radius 3 is 2.61 bits per heavy atom. The number of nitrogens with one attached hydrogen (secondary N) is 2. The van der Waals surface area contributed by atoms with E-state index in [4.69, 9.17) is 17.0 Å². The number of fused-ring (bicyclic) bond motifs is 1. The molecule has 1 unspecified atom stereocenters. The van der Waals surface area contributed by atoms with Gasteiger partial charge in [-0.15, -0.1) is 0 Å². The molecule has 172 valence electrons. The summed E-state index contributed by atoms with van der Waals surface area (Å²) in [5.74, 6) is -0.549. The molecule has 0 radical (unpaired) electrons. The second-order valence-corrected chi connectivity index (χ2v) is 8.57. The summed E-state index contributed by atoms with van der Waals surface area (Å²) in [6.07, 6.45) is 0. The van der Waals surface area contributed by atoms with Gasteiger partial charge in [0.1, 0.15) is 6.04 Å². The van der Waals surface area contributed by atoms with E-state index in [-0.39, 0.29) is 16.2 Å². The van der Waals surface area contributed by atoms with E-state index in [1.807, 2.05) is 32.0 Å². The van der Waals surface area contributed by atoms with Crippen molar-refractivity contribution in [3.05, 3.63) is 68.2 Å². The molecular formula is C24H26N4O4S. The third-order valence-electron chi connectivity index (χ3n) is 6.02. The monoisotopic (exact) mass is 466 g/mol. The van der Waals surface area contributed by atoms with Gasteiger partial charge in [-0.1, -0.05) is 12.1 Å². The van der Waals surface area contributed by atoms with Gasteiger partial charge in [0.25, 0.3) is 11.5 Å². The molecule has 0 saturated carbocycles. The van der Waals surface area contributed by atoms with Crippen LogP contribution in [0.2, 0.25) is 0 Å². The summed E-state index contributed by atoms with van der Waals surface area (Å²) in [5.41, 5.74) is 3.28. The predicted molar refractivity (Wildman–Crippen MR) is 129 cm³/mol. The average molecular weight is 467 g/mol. The van der Waals surface area contributed by atoms with Gasteiger partial charge < -0.3 is 19.9 Å². The number of rotatable bonds is 4. The van der Waals surface area contributed by atoms with Crippen molar-refractivity contribution in [1.29, 1.82) is 0 Å². The zero-order valence-electron chi connectivity index (χ0n) is 18.8. The molecule has 1 aromatic heterocycles. The molecule has 1 fully saturated rings. The second-order valence-electron chi connectivity index (χ2n) is 8.18. The van der Waals surface area contributed by atoms with Crippen LogP contribution in [0.25, 0.3) is 16.6 Å². The smallest absolute Gasteiger partial charge is 0.266 e. The van der Waals surface area contributed by atoms with Crippen molar-refractivity contribution in [2.75, 3.05) is 26.3 Å². The first-order valence-corrected chi connectivity index (χ1v) is 11.2. The highest BCUT2D eigenvalue weighted by atomic mass is 32.1. The number of aryl methyl sites for hydroxylation is 1. The quantitative estimate of drug-likeness (QED) is 0.577. The Hall–Kier alpha value is -3.30. The van der Waals surface area contributed by atoms with E-state index in [0.717, 1.165) is 16.8 Å². The Labute approximate surface area is 196 Å². The van der Waals surface area contributed by atoms with Crippen LogP contribution in [0.3, 0.4) is 0 Å². The lowest BCUT2D eigenvalue weighted by Crippen LogP contribution is -2.50. The van der Waals surface area contributed by atoms with Gasteiger partial charge in [0.05, 0.1) is 29.8 Å². The lowest BCUT2D eigenvalue weighted by atomic mass is 10.1. The van der Waals surface area contributed by atoms with Crippen LogP contribution >= 0.6 is 12.2 Å². The molecule has 33 heavy (non-hydrogen) atoms. The second kappa shape index (κ2) is 9.29. The number of H-pyrrole nitrogens is 1. The summed E-state index contributed by atoms with van der Waals surface area (Å²) in [7, 11) is 0. The summed E-state index contributed by atoms with van der Waals surface area (Å²) in [6, 6.07) is 9.81. The third-order valence-corrected chi connectivity index (χ3v) is 6.30. The molecule has 3 aromatic rings. The fraction of sp³-hybridized carbons (Fsp3) is 0.333. The maximum absolute atomic E-state index is 13.3. The van der Waals surface area contributed by atoms with Crippen LogP contribution < -0.4 is 10.9 Å². The molecular weight excluding hydrogens is 440 g/mol. The van der Waals surface area contributed by atoms with E-state index in [9.17, 15) is 14.4 Å². The molecule has 8 nitrogen and oxygen atoms in total. The number of hydrogen-bond donors (Lipinski definition) is 2. The largest absolute Gasteiger partial charge is 0.378 e. The number of aromatic nitrogens is 2. The first-order chi connectivity index (χ1) is 15.8. The van der Waals surface area contributed by atoms with Crippen LogP contribution in [0.5, 0.6) is 0 Å². The molecule has 1 aliphatic heterocycles. The molecule has 1 atom stereocenters. The fourth-order valence-corrected chi connectivity index (χ4v) is 4.25. The lowest BCUT2D eigenvalue weighted by Gasteiger charge is -2.29. The zero-order valence-corrected chi connectivity index (χ0v) is 19.6. The van der Waals surface area contributed by atoms with Gasteiger partial charge in [-0.25, -0.2) is 0 Å². The summed E-state index contributed by atoms with van der Waals surface area (Å²) < 4.78 is 6.99. The van der Waals surface area contributed by atoms with Gasteiger partial charge in [-0.2, -0.15) is 0 Å². The van der Waals surface area contributed by atoms with Crippen LogP contribution in [-0.4, -0.2) is 58.6 Å². The van der Waals surface area contributed by atoms with Crippen LogP contribution in [0.1, 0.15) is 28.4 Å². The van der Waals surface area contributed by atoms with Gasteiger partial charge in [0, 0.05) is 18.7 Å². The first-order valence-electron chi connectivity index (χ1n) is 10.8. The number of carbonyl (C=O) groups excluding carboxylic acids is 2. The van der Waals surface area contributed by atoms with E-state index in [1.165, 1.54) is 4.57 Å². The van der Waals surface area contributed by atoms with Gasteiger partial charge in [-0.05, 0) is 68.4 Å². The highest BCUT2D eigenvalue weighted by Gasteiger charge is 2.24. The van der Waals surface area contributed by atoms with Gasteiger partial charge in [-0.3, -0.25) is 19.0 Å². The van der Waals surface area contributed by atoms with E-state index >= 15 is 0 Å². The van der Waals surface area contributed by atoms with Crippen LogP contribution in [0.4, 0.5) is 0 Å². The van der Waals surface area contributed by atoms with Gasteiger partial charge in [0.15, 0.2) is 4.77 Å². The minimum Gasteiger partial charge on any atom is -0.378 e. The van der Waals surface area contributed by atoms with Crippen molar-refractivity contribution >= 4 is 34.9 Å². The standard InChI is InChI=1S/C24H26N4O4S/c1-14-5-4-6-20(15(14)2)28-23(31)18-8-7-17(13-19(18)26-24(28)33)21(29)25-16(3)22(30)27-9-11-32-12-10-27/h4-8,13,16H,9-12H2,1-3H3,(H,25,29)(H,26,33). The number of morpholine rings is 1. The Balaban J connectivity index is 1.63. The Morgan fingerprint density at radius 1 is 1.15 bits per heavy atom.